The molecule has 0 heterocycles. The Morgan fingerprint density at radius 3 is 2.57 bits per heavy atom. The minimum atomic E-state index is -0.127. The minimum Gasteiger partial charge on any atom is -0.508 e. The first-order valence-corrected chi connectivity index (χ1v) is 6.90. The number of para-hydroxylation sites is 1. The lowest BCUT2D eigenvalue weighted by Gasteiger charge is -2.09. The van der Waals surface area contributed by atoms with E-state index in [1.54, 1.807) is 31.4 Å². The van der Waals surface area contributed by atoms with Crippen molar-refractivity contribution in [1.29, 1.82) is 0 Å². The molecule has 0 aliphatic carbocycles. The molecule has 2 aromatic rings. The lowest BCUT2D eigenvalue weighted by atomic mass is 10.1. The highest BCUT2D eigenvalue weighted by molar-refractivity contribution is 5.96. The molecule has 0 radical (unpaired) electrons. The molecule has 0 bridgehead atoms. The number of benzene rings is 2. The highest BCUT2D eigenvalue weighted by Crippen LogP contribution is 2.16. The van der Waals surface area contributed by atoms with Gasteiger partial charge < -0.3 is 15.2 Å². The van der Waals surface area contributed by atoms with Crippen molar-refractivity contribution < 1.29 is 14.6 Å². The fourth-order valence-electron chi connectivity index (χ4n) is 2.08. The second-order valence-electron chi connectivity index (χ2n) is 4.73. The van der Waals surface area contributed by atoms with Crippen molar-refractivity contribution >= 4 is 5.91 Å². The Kier molecular flexibility index (Phi) is 5.21. The van der Waals surface area contributed by atoms with Gasteiger partial charge in [-0.3, -0.25) is 4.79 Å². The topological polar surface area (TPSA) is 58.6 Å². The lowest BCUT2D eigenvalue weighted by Crippen LogP contribution is -2.25. The molecular formula is C17H19NO3. The van der Waals surface area contributed by atoms with Crippen LogP contribution in [0.2, 0.25) is 0 Å². The summed E-state index contributed by atoms with van der Waals surface area (Å²) in [5.41, 5.74) is 1.68. The highest BCUT2D eigenvalue weighted by atomic mass is 16.5. The summed E-state index contributed by atoms with van der Waals surface area (Å²) in [5, 5.41) is 12.1. The number of hydrogen-bond donors (Lipinski definition) is 2. The van der Waals surface area contributed by atoms with Crippen LogP contribution in [-0.4, -0.2) is 24.7 Å². The van der Waals surface area contributed by atoms with E-state index in [0.29, 0.717) is 17.9 Å². The van der Waals surface area contributed by atoms with E-state index >= 15 is 0 Å². The smallest absolute Gasteiger partial charge is 0.255 e. The molecule has 110 valence electrons. The Bertz CT molecular complexity index is 593. The van der Waals surface area contributed by atoms with Crippen LogP contribution in [0.4, 0.5) is 0 Å². The number of nitrogens with one attached hydrogen (secondary N) is 1. The van der Waals surface area contributed by atoms with Gasteiger partial charge in [0.2, 0.25) is 0 Å². The molecule has 0 aliphatic rings. The van der Waals surface area contributed by atoms with Gasteiger partial charge in [-0.25, -0.2) is 0 Å². The molecule has 0 aliphatic heterocycles. The van der Waals surface area contributed by atoms with Gasteiger partial charge in [0, 0.05) is 6.54 Å². The molecule has 4 heteroatoms. The summed E-state index contributed by atoms with van der Waals surface area (Å²) >= 11 is 0. The molecule has 2 rings (SSSR count). The number of aromatic hydroxyl groups is 1. The molecule has 0 saturated heterocycles. The zero-order valence-corrected chi connectivity index (χ0v) is 12.0. The number of aryl methyl sites for hydroxylation is 1. The molecular weight excluding hydrogens is 266 g/mol. The van der Waals surface area contributed by atoms with Gasteiger partial charge in [0.05, 0.1) is 12.7 Å². The Morgan fingerprint density at radius 1 is 1.14 bits per heavy atom. The zero-order chi connectivity index (χ0) is 15.1. The summed E-state index contributed by atoms with van der Waals surface area (Å²) in [6.45, 7) is 0.595. The SMILES string of the molecule is COc1ccccc1C(=O)NCCCc1ccc(O)cc1. The zero-order valence-electron chi connectivity index (χ0n) is 12.0. The Hall–Kier alpha value is -2.49. The number of rotatable bonds is 6. The molecule has 2 N–H and O–H groups in total. The van der Waals surface area contributed by atoms with E-state index in [2.05, 4.69) is 5.32 Å². The average molecular weight is 285 g/mol. The third-order valence-corrected chi connectivity index (χ3v) is 3.22. The fraction of sp³-hybridized carbons (Fsp3) is 0.235. The van der Waals surface area contributed by atoms with Gasteiger partial charge in [-0.1, -0.05) is 24.3 Å². The quantitative estimate of drug-likeness (QED) is 0.802. The third kappa shape index (κ3) is 4.24. The largest absolute Gasteiger partial charge is 0.508 e. The van der Waals surface area contributed by atoms with Crippen molar-refractivity contribution in [2.75, 3.05) is 13.7 Å². The number of carbonyl (C=O) groups excluding carboxylic acids is 1. The van der Waals surface area contributed by atoms with Gasteiger partial charge in [0.15, 0.2) is 0 Å². The Morgan fingerprint density at radius 2 is 1.86 bits per heavy atom. The van der Waals surface area contributed by atoms with Crippen LogP contribution in [0.5, 0.6) is 11.5 Å². The summed E-state index contributed by atoms with van der Waals surface area (Å²) in [6.07, 6.45) is 1.69. The standard InChI is InChI=1S/C17H19NO3/c1-21-16-7-3-2-6-15(16)17(20)18-12-4-5-13-8-10-14(19)11-9-13/h2-3,6-11,19H,4-5,12H2,1H3,(H,18,20). The summed E-state index contributed by atoms with van der Waals surface area (Å²) in [5.74, 6) is 0.718. The highest BCUT2D eigenvalue weighted by Gasteiger charge is 2.10. The van der Waals surface area contributed by atoms with E-state index in [0.717, 1.165) is 18.4 Å². The summed E-state index contributed by atoms with van der Waals surface area (Å²) in [7, 11) is 1.55. The predicted molar refractivity (Wildman–Crippen MR) is 81.8 cm³/mol. The maximum Gasteiger partial charge on any atom is 0.255 e. The van der Waals surface area contributed by atoms with Crippen LogP contribution in [0.1, 0.15) is 22.3 Å². The van der Waals surface area contributed by atoms with Crippen LogP contribution >= 0.6 is 0 Å². The van der Waals surface area contributed by atoms with E-state index in [9.17, 15) is 9.90 Å². The molecule has 1 amide bonds. The van der Waals surface area contributed by atoms with Crippen LogP contribution in [0.25, 0.3) is 0 Å². The number of methoxy groups -OCH3 is 1. The van der Waals surface area contributed by atoms with Crippen molar-refractivity contribution in [3.63, 3.8) is 0 Å². The van der Waals surface area contributed by atoms with Gasteiger partial charge >= 0.3 is 0 Å². The summed E-state index contributed by atoms with van der Waals surface area (Å²) < 4.78 is 5.17. The molecule has 4 nitrogen and oxygen atoms in total. The summed E-state index contributed by atoms with van der Waals surface area (Å²) in [4.78, 5) is 12.1. The first kappa shape index (κ1) is 14.9. The second-order valence-corrected chi connectivity index (χ2v) is 4.73. The fourth-order valence-corrected chi connectivity index (χ4v) is 2.08. The van der Waals surface area contributed by atoms with Crippen molar-refractivity contribution in [3.05, 3.63) is 59.7 Å². The average Bonchev–Trinajstić information content (AvgIpc) is 2.53. The van der Waals surface area contributed by atoms with Crippen LogP contribution in [-0.2, 0) is 6.42 Å². The Balaban J connectivity index is 1.80. The lowest BCUT2D eigenvalue weighted by molar-refractivity contribution is 0.0950. The minimum absolute atomic E-state index is 0.127. The van der Waals surface area contributed by atoms with Gasteiger partial charge in [-0.05, 0) is 42.7 Å². The van der Waals surface area contributed by atoms with E-state index in [1.807, 2.05) is 24.3 Å². The molecule has 21 heavy (non-hydrogen) atoms. The number of amides is 1. The van der Waals surface area contributed by atoms with E-state index in [4.69, 9.17) is 4.74 Å². The monoisotopic (exact) mass is 285 g/mol. The maximum atomic E-state index is 12.1. The van der Waals surface area contributed by atoms with Crippen molar-refractivity contribution in [1.82, 2.24) is 5.32 Å². The predicted octanol–water partition coefficient (Wildman–Crippen LogP) is 2.76. The van der Waals surface area contributed by atoms with Crippen LogP contribution in [0.15, 0.2) is 48.5 Å². The molecule has 0 spiro atoms. The maximum absolute atomic E-state index is 12.1. The van der Waals surface area contributed by atoms with E-state index in [-0.39, 0.29) is 11.7 Å². The molecule has 0 aromatic heterocycles. The number of ether oxygens (including phenoxy) is 1. The van der Waals surface area contributed by atoms with Crippen molar-refractivity contribution in [2.45, 2.75) is 12.8 Å². The van der Waals surface area contributed by atoms with Gasteiger partial charge in [-0.15, -0.1) is 0 Å². The Labute approximate surface area is 124 Å². The number of phenols is 1. The third-order valence-electron chi connectivity index (χ3n) is 3.22. The molecule has 0 saturated carbocycles. The van der Waals surface area contributed by atoms with Crippen LogP contribution in [0.3, 0.4) is 0 Å². The van der Waals surface area contributed by atoms with Crippen molar-refractivity contribution in [2.24, 2.45) is 0 Å². The first-order valence-electron chi connectivity index (χ1n) is 6.90. The van der Waals surface area contributed by atoms with Gasteiger partial charge in [0.1, 0.15) is 11.5 Å². The molecule has 0 fully saturated rings. The second kappa shape index (κ2) is 7.33. The molecule has 0 atom stereocenters. The van der Waals surface area contributed by atoms with E-state index in [1.165, 1.54) is 0 Å². The van der Waals surface area contributed by atoms with Crippen LogP contribution in [0, 0.1) is 0 Å². The van der Waals surface area contributed by atoms with E-state index < -0.39 is 0 Å². The first-order chi connectivity index (χ1) is 10.2. The normalized spacial score (nSPS) is 10.1. The van der Waals surface area contributed by atoms with Crippen molar-refractivity contribution in [3.8, 4) is 11.5 Å². The number of phenolic OH excluding ortho intramolecular Hbond substituents is 1. The van der Waals surface area contributed by atoms with Crippen LogP contribution < -0.4 is 10.1 Å². The number of carbonyl (C=O) groups is 1. The number of hydrogen-bond acceptors (Lipinski definition) is 3. The molecule has 0 unspecified atom stereocenters. The van der Waals surface area contributed by atoms with Gasteiger partial charge in [-0.2, -0.15) is 0 Å². The van der Waals surface area contributed by atoms with Gasteiger partial charge in [0.25, 0.3) is 5.91 Å². The summed E-state index contributed by atoms with van der Waals surface area (Å²) in [6, 6.07) is 14.3. The molecule has 2 aromatic carbocycles.